The van der Waals surface area contributed by atoms with Crippen LogP contribution in [-0.2, 0) is 0 Å². The summed E-state index contributed by atoms with van der Waals surface area (Å²) in [6.07, 6.45) is 3.83. The van der Waals surface area contributed by atoms with Gasteiger partial charge in [0.2, 0.25) is 0 Å². The van der Waals surface area contributed by atoms with E-state index in [1.807, 2.05) is 0 Å². The molecule has 0 aliphatic rings. The van der Waals surface area contributed by atoms with Crippen molar-refractivity contribution in [1.82, 2.24) is 0 Å². The largest absolute Gasteiger partial charge is 0.255 e. The van der Waals surface area contributed by atoms with Crippen molar-refractivity contribution in [3.8, 4) is 0 Å². The highest BCUT2D eigenvalue weighted by Crippen LogP contribution is 1.74. The quantitative estimate of drug-likeness (QED) is 0.558. The summed E-state index contributed by atoms with van der Waals surface area (Å²) in [4.78, 5) is 0. The molecule has 0 aromatic carbocycles. The van der Waals surface area contributed by atoms with Gasteiger partial charge in [-0.2, -0.15) is 0 Å². The first-order valence-corrected chi connectivity index (χ1v) is 3.61. The first-order chi connectivity index (χ1) is 4.83. The van der Waals surface area contributed by atoms with Crippen LogP contribution in [0.1, 0.15) is 41.5 Å². The van der Waals surface area contributed by atoms with Crippen LogP contribution in [-0.4, -0.2) is 22.9 Å². The van der Waals surface area contributed by atoms with Gasteiger partial charge in [-0.15, -0.1) is 0 Å². The van der Waals surface area contributed by atoms with Crippen molar-refractivity contribution in [2.75, 3.05) is 7.18 Å². The molecule has 0 rings (SSSR count). The van der Waals surface area contributed by atoms with Gasteiger partial charge in [-0.05, 0) is 0 Å². The highest BCUT2D eigenvalue weighted by Gasteiger charge is 1.57. The van der Waals surface area contributed by atoms with Crippen molar-refractivity contribution < 1.29 is 4.39 Å². The van der Waals surface area contributed by atoms with Gasteiger partial charge in [-0.1, -0.05) is 54.2 Å². The minimum atomic E-state index is 0. The van der Waals surface area contributed by atoms with Gasteiger partial charge in [0.05, 0.1) is 22.9 Å². The van der Waals surface area contributed by atoms with Crippen molar-refractivity contribution in [2.24, 2.45) is 0 Å². The van der Waals surface area contributed by atoms with Crippen molar-refractivity contribution in [1.29, 1.82) is 0 Å². The molecule has 0 fully saturated rings. The van der Waals surface area contributed by atoms with Gasteiger partial charge in [0.25, 0.3) is 0 Å². The van der Waals surface area contributed by atoms with Crippen LogP contribution in [0.5, 0.6) is 0 Å². The maximum Gasteiger partial charge on any atom is 0.0785 e. The zero-order valence-electron chi connectivity index (χ0n) is 7.36. The van der Waals surface area contributed by atoms with E-state index in [0.29, 0.717) is 7.18 Å². The minimum Gasteiger partial charge on any atom is -0.255 e. The predicted octanol–water partition coefficient (Wildman–Crippen LogP) is 3.82. The van der Waals surface area contributed by atoms with Crippen LogP contribution in [0.2, 0.25) is 12.6 Å². The Morgan fingerprint density at radius 2 is 0.917 bits per heavy atom. The van der Waals surface area contributed by atoms with Gasteiger partial charge < -0.3 is 0 Å². The van der Waals surface area contributed by atoms with E-state index in [1.165, 1.54) is 0 Å². The third-order valence-corrected chi connectivity index (χ3v) is 0.577. The Labute approximate surface area is 82.2 Å². The van der Waals surface area contributed by atoms with E-state index in [1.54, 1.807) is 0 Å². The molecule has 12 heavy (non-hydrogen) atoms. The molecule has 0 spiro atoms. The first kappa shape index (κ1) is 29.6. The lowest BCUT2D eigenvalue weighted by molar-refractivity contribution is 0.636. The lowest BCUT2D eigenvalue weighted by Gasteiger charge is -1.67. The molecule has 0 atom stereocenters. The SMILES string of the molecule is C.C.CF.[B]CCC.[B]CCC. The lowest BCUT2D eigenvalue weighted by atomic mass is 10.0. The van der Waals surface area contributed by atoms with E-state index < -0.39 is 0 Å². The monoisotopic (exact) mass is 174 g/mol. The molecule has 0 unspecified atom stereocenters. The summed E-state index contributed by atoms with van der Waals surface area (Å²) in [6.45, 7) is 4.11. The van der Waals surface area contributed by atoms with Gasteiger partial charge in [0.15, 0.2) is 0 Å². The summed E-state index contributed by atoms with van der Waals surface area (Å²) in [5.74, 6) is 0. The second-order valence-corrected chi connectivity index (χ2v) is 1.58. The summed E-state index contributed by atoms with van der Waals surface area (Å²) in [7, 11) is 10.6. The van der Waals surface area contributed by atoms with Gasteiger partial charge >= 0.3 is 0 Å². The molecular formula is C9H25B2F. The van der Waals surface area contributed by atoms with Crippen LogP contribution in [0.4, 0.5) is 4.39 Å². The molecule has 0 aromatic heterocycles. The molecule has 0 saturated heterocycles. The summed E-state index contributed by atoms with van der Waals surface area (Å²) in [5.41, 5.74) is 0. The summed E-state index contributed by atoms with van der Waals surface area (Å²) >= 11 is 0. The fraction of sp³-hybridized carbons (Fsp3) is 1.00. The molecule has 74 valence electrons. The molecule has 0 aliphatic heterocycles. The van der Waals surface area contributed by atoms with Crippen molar-refractivity contribution >= 4 is 15.7 Å². The van der Waals surface area contributed by atoms with Gasteiger partial charge in [-0.25, -0.2) is 0 Å². The average Bonchev–Trinajstić information content (AvgIpc) is 2.08. The Balaban J connectivity index is -0.0000000198. The maximum atomic E-state index is 9.50. The zero-order chi connectivity index (χ0) is 8.83. The van der Waals surface area contributed by atoms with E-state index in [0.717, 1.165) is 25.5 Å². The van der Waals surface area contributed by atoms with E-state index in [9.17, 15) is 4.39 Å². The molecule has 0 nitrogen and oxygen atoms in total. The third kappa shape index (κ3) is 195. The van der Waals surface area contributed by atoms with Crippen molar-refractivity contribution in [2.45, 2.75) is 54.2 Å². The van der Waals surface area contributed by atoms with Crippen molar-refractivity contribution in [3.63, 3.8) is 0 Å². The standard InChI is InChI=1S/2C3H7B.CH3F.2CH4/c2*1-2-3-4;1-2;;/h2*2-3H2,1H3;1H3;2*1H4. The predicted molar refractivity (Wildman–Crippen MR) is 62.2 cm³/mol. The summed E-state index contributed by atoms with van der Waals surface area (Å²) < 4.78 is 9.50. The molecule has 3 heteroatoms. The minimum absolute atomic E-state index is 0. The van der Waals surface area contributed by atoms with Crippen LogP contribution in [0.3, 0.4) is 0 Å². The van der Waals surface area contributed by atoms with Crippen LogP contribution in [0.15, 0.2) is 0 Å². The number of alkyl halides is 1. The highest BCUT2D eigenvalue weighted by molar-refractivity contribution is 6.08. The van der Waals surface area contributed by atoms with Crippen molar-refractivity contribution in [3.05, 3.63) is 0 Å². The Kier molecular flexibility index (Phi) is 167. The van der Waals surface area contributed by atoms with Crippen LogP contribution in [0, 0.1) is 0 Å². The Morgan fingerprint density at radius 1 is 0.833 bits per heavy atom. The third-order valence-electron chi connectivity index (χ3n) is 0.577. The topological polar surface area (TPSA) is 0 Å². The Bertz CT molecular complexity index is 20.5. The fourth-order valence-corrected chi connectivity index (χ4v) is 0. The number of hydrogen-bond donors (Lipinski definition) is 0. The van der Waals surface area contributed by atoms with Gasteiger partial charge in [0, 0.05) is 0 Å². The molecule has 0 aromatic rings. The van der Waals surface area contributed by atoms with Crippen LogP contribution in [0.25, 0.3) is 0 Å². The summed E-state index contributed by atoms with van der Waals surface area (Å²) in [6, 6.07) is 0. The Hall–Kier alpha value is 0.0599. The first-order valence-electron chi connectivity index (χ1n) is 3.61. The van der Waals surface area contributed by atoms with E-state index >= 15 is 0 Å². The van der Waals surface area contributed by atoms with E-state index in [4.69, 9.17) is 15.7 Å². The second-order valence-electron chi connectivity index (χ2n) is 1.58. The lowest BCUT2D eigenvalue weighted by Crippen LogP contribution is -1.55. The zero-order valence-corrected chi connectivity index (χ0v) is 7.36. The van der Waals surface area contributed by atoms with E-state index in [2.05, 4.69) is 13.8 Å². The van der Waals surface area contributed by atoms with E-state index in [-0.39, 0.29) is 14.9 Å². The molecule has 0 aliphatic carbocycles. The smallest absolute Gasteiger partial charge is 0.0785 e. The fourth-order valence-electron chi connectivity index (χ4n) is 0. The molecule has 0 heterocycles. The number of hydrogen-bond acceptors (Lipinski definition) is 0. The molecule has 0 saturated carbocycles. The average molecular weight is 174 g/mol. The normalized spacial score (nSPS) is 5.33. The second kappa shape index (κ2) is 67.9. The number of halogens is 1. The highest BCUT2D eigenvalue weighted by atomic mass is 19.1. The molecule has 0 amide bonds. The molecular weight excluding hydrogens is 149 g/mol. The molecule has 4 radical (unpaired) electrons. The van der Waals surface area contributed by atoms with Gasteiger partial charge in [0.1, 0.15) is 0 Å². The van der Waals surface area contributed by atoms with Crippen LogP contribution >= 0.6 is 0 Å². The van der Waals surface area contributed by atoms with Gasteiger partial charge in [-0.3, -0.25) is 4.39 Å². The molecule has 0 bridgehead atoms. The summed E-state index contributed by atoms with van der Waals surface area (Å²) in [5, 5.41) is 0. The molecule has 0 N–H and O–H groups in total. The van der Waals surface area contributed by atoms with Crippen LogP contribution < -0.4 is 0 Å². The maximum absolute atomic E-state index is 9.50. The number of rotatable bonds is 2. The Morgan fingerprint density at radius 3 is 0.917 bits per heavy atom.